The van der Waals surface area contributed by atoms with Gasteiger partial charge in [-0.2, -0.15) is 5.10 Å². The highest BCUT2D eigenvalue weighted by Crippen LogP contribution is 2.19. The maximum absolute atomic E-state index is 4.57. The minimum absolute atomic E-state index is 0.590. The number of fused-ring (bicyclic) bond motifs is 3. The number of hydrogen-bond acceptors (Lipinski definition) is 3. The maximum atomic E-state index is 4.57. The van der Waals surface area contributed by atoms with Gasteiger partial charge in [0.1, 0.15) is 11.3 Å². The van der Waals surface area contributed by atoms with E-state index in [1.807, 2.05) is 0 Å². The second kappa shape index (κ2) is 3.06. The Morgan fingerprint density at radius 2 is 2.27 bits per heavy atom. The van der Waals surface area contributed by atoms with Crippen molar-refractivity contribution < 1.29 is 0 Å². The van der Waals surface area contributed by atoms with E-state index in [1.165, 1.54) is 0 Å². The molecule has 0 aliphatic carbocycles. The van der Waals surface area contributed by atoms with Crippen molar-refractivity contribution in [1.29, 1.82) is 0 Å². The lowest BCUT2D eigenvalue weighted by Crippen LogP contribution is -2.38. The van der Waals surface area contributed by atoms with Gasteiger partial charge in [-0.25, -0.2) is 4.98 Å². The Kier molecular flexibility index (Phi) is 1.82. The molecular formula is C10H15N5. The minimum Gasteiger partial charge on any atom is -0.311 e. The second-order valence-corrected chi connectivity index (χ2v) is 4.35. The molecule has 5 heteroatoms. The molecule has 15 heavy (non-hydrogen) atoms. The van der Waals surface area contributed by atoms with E-state index < -0.39 is 0 Å². The summed E-state index contributed by atoms with van der Waals surface area (Å²) in [6.07, 6.45) is 1.79. The monoisotopic (exact) mass is 205 g/mol. The van der Waals surface area contributed by atoms with Gasteiger partial charge in [-0.15, -0.1) is 0 Å². The number of nitrogens with one attached hydrogen (secondary N) is 1. The van der Waals surface area contributed by atoms with Gasteiger partial charge in [0.25, 0.3) is 0 Å². The van der Waals surface area contributed by atoms with Crippen LogP contribution >= 0.6 is 0 Å². The van der Waals surface area contributed by atoms with Gasteiger partial charge in [0.15, 0.2) is 5.65 Å². The largest absolute Gasteiger partial charge is 0.311 e. The minimum atomic E-state index is 0.590. The summed E-state index contributed by atoms with van der Waals surface area (Å²) >= 11 is 0. The number of rotatable bonds is 1. The molecule has 3 heterocycles. The van der Waals surface area contributed by atoms with Gasteiger partial charge in [0.05, 0.1) is 12.7 Å². The maximum Gasteiger partial charge on any atom is 0.156 e. The summed E-state index contributed by atoms with van der Waals surface area (Å²) in [4.78, 5) is 7.01. The van der Waals surface area contributed by atoms with Crippen LogP contribution < -0.4 is 0 Å². The number of aromatic amines is 1. The highest BCUT2D eigenvalue weighted by atomic mass is 15.3. The van der Waals surface area contributed by atoms with Crippen LogP contribution in [0.1, 0.15) is 19.7 Å². The van der Waals surface area contributed by atoms with Crippen LogP contribution in [0.2, 0.25) is 0 Å². The van der Waals surface area contributed by atoms with Crippen LogP contribution in [0.5, 0.6) is 0 Å². The SMILES string of the molecule is CC(C)N1CCn2c(nc3cn[nH]c32)C1. The van der Waals surface area contributed by atoms with Gasteiger partial charge in [-0.05, 0) is 13.8 Å². The first-order valence-corrected chi connectivity index (χ1v) is 5.38. The molecule has 0 fully saturated rings. The molecule has 0 bridgehead atoms. The van der Waals surface area contributed by atoms with Gasteiger partial charge in [-0.3, -0.25) is 10.00 Å². The Hall–Kier alpha value is -1.36. The predicted octanol–water partition coefficient (Wildman–Crippen LogP) is 0.983. The Morgan fingerprint density at radius 1 is 1.40 bits per heavy atom. The molecule has 0 saturated heterocycles. The van der Waals surface area contributed by atoms with Gasteiger partial charge >= 0.3 is 0 Å². The van der Waals surface area contributed by atoms with Gasteiger partial charge in [-0.1, -0.05) is 0 Å². The Bertz CT molecular complexity index is 481. The summed E-state index contributed by atoms with van der Waals surface area (Å²) in [5.74, 6) is 1.15. The molecule has 0 atom stereocenters. The summed E-state index contributed by atoms with van der Waals surface area (Å²) in [6, 6.07) is 0.590. The molecule has 0 spiro atoms. The summed E-state index contributed by atoms with van der Waals surface area (Å²) in [7, 11) is 0. The van der Waals surface area contributed by atoms with Crippen molar-refractivity contribution in [3.63, 3.8) is 0 Å². The van der Waals surface area contributed by atoms with Crippen LogP contribution in [0.15, 0.2) is 6.20 Å². The third-order valence-corrected chi connectivity index (χ3v) is 3.12. The molecule has 1 N–H and O–H groups in total. The van der Waals surface area contributed by atoms with Crippen molar-refractivity contribution in [2.75, 3.05) is 6.54 Å². The fraction of sp³-hybridized carbons (Fsp3) is 0.600. The van der Waals surface area contributed by atoms with Crippen LogP contribution in [0.4, 0.5) is 0 Å². The molecule has 0 amide bonds. The van der Waals surface area contributed by atoms with Crippen LogP contribution in [-0.4, -0.2) is 37.2 Å². The fourth-order valence-electron chi connectivity index (χ4n) is 2.17. The molecule has 5 nitrogen and oxygen atoms in total. The van der Waals surface area contributed by atoms with Crippen molar-refractivity contribution in [1.82, 2.24) is 24.6 Å². The standard InChI is InChI=1S/C10H15N5/c1-7(2)14-3-4-15-9(6-14)12-8-5-11-13-10(8)15/h5,7H,3-4,6H2,1-2H3,(H,11,13). The van der Waals surface area contributed by atoms with Gasteiger partial charge in [0, 0.05) is 19.1 Å². The first kappa shape index (κ1) is 8.91. The molecule has 1 aliphatic heterocycles. The summed E-state index contributed by atoms with van der Waals surface area (Å²) < 4.78 is 2.24. The molecule has 0 radical (unpaired) electrons. The second-order valence-electron chi connectivity index (χ2n) is 4.35. The molecule has 2 aromatic rings. The first-order valence-electron chi connectivity index (χ1n) is 5.38. The summed E-state index contributed by atoms with van der Waals surface area (Å²) in [5, 5.41) is 7.01. The van der Waals surface area contributed by atoms with E-state index in [-0.39, 0.29) is 0 Å². The average molecular weight is 205 g/mol. The van der Waals surface area contributed by atoms with Crippen molar-refractivity contribution in [2.45, 2.75) is 33.0 Å². The summed E-state index contributed by atoms with van der Waals surface area (Å²) in [6.45, 7) is 7.50. The molecule has 2 aromatic heterocycles. The third kappa shape index (κ3) is 1.26. The molecule has 0 unspecified atom stereocenters. The number of H-pyrrole nitrogens is 1. The molecular weight excluding hydrogens is 190 g/mol. The number of aromatic nitrogens is 4. The topological polar surface area (TPSA) is 49.7 Å². The zero-order chi connectivity index (χ0) is 10.4. The van der Waals surface area contributed by atoms with Crippen molar-refractivity contribution in [3.8, 4) is 0 Å². The van der Waals surface area contributed by atoms with Crippen LogP contribution in [0.3, 0.4) is 0 Å². The lowest BCUT2D eigenvalue weighted by atomic mass is 10.2. The highest BCUT2D eigenvalue weighted by molar-refractivity contribution is 5.70. The summed E-state index contributed by atoms with van der Waals surface area (Å²) in [5.41, 5.74) is 2.05. The fourth-order valence-corrected chi connectivity index (χ4v) is 2.17. The Labute approximate surface area is 88.1 Å². The van der Waals surface area contributed by atoms with Crippen LogP contribution in [0.25, 0.3) is 11.2 Å². The molecule has 1 aliphatic rings. The smallest absolute Gasteiger partial charge is 0.156 e. The van der Waals surface area contributed by atoms with E-state index >= 15 is 0 Å². The zero-order valence-electron chi connectivity index (χ0n) is 9.06. The number of nitrogens with zero attached hydrogens (tertiary/aromatic N) is 4. The van der Waals surface area contributed by atoms with E-state index in [4.69, 9.17) is 0 Å². The quantitative estimate of drug-likeness (QED) is 0.755. The van der Waals surface area contributed by atoms with E-state index in [1.54, 1.807) is 6.20 Å². The lowest BCUT2D eigenvalue weighted by Gasteiger charge is -2.30. The lowest BCUT2D eigenvalue weighted by molar-refractivity contribution is 0.175. The van der Waals surface area contributed by atoms with Crippen LogP contribution in [0, 0.1) is 0 Å². The normalized spacial score (nSPS) is 17.5. The van der Waals surface area contributed by atoms with E-state index in [0.717, 1.165) is 36.6 Å². The number of hydrogen-bond donors (Lipinski definition) is 1. The Balaban J connectivity index is 2.02. The van der Waals surface area contributed by atoms with E-state index in [9.17, 15) is 0 Å². The van der Waals surface area contributed by atoms with Crippen molar-refractivity contribution in [2.24, 2.45) is 0 Å². The molecule has 3 rings (SSSR count). The van der Waals surface area contributed by atoms with Crippen LogP contribution in [-0.2, 0) is 13.1 Å². The molecule has 80 valence electrons. The average Bonchev–Trinajstić information content (AvgIpc) is 2.75. The zero-order valence-corrected chi connectivity index (χ0v) is 9.06. The van der Waals surface area contributed by atoms with E-state index in [0.29, 0.717) is 6.04 Å². The van der Waals surface area contributed by atoms with E-state index in [2.05, 4.69) is 38.5 Å². The van der Waals surface area contributed by atoms with Crippen molar-refractivity contribution >= 4 is 11.2 Å². The predicted molar refractivity (Wildman–Crippen MR) is 57.4 cm³/mol. The highest BCUT2D eigenvalue weighted by Gasteiger charge is 2.22. The number of imidazole rings is 1. The first-order chi connectivity index (χ1) is 7.25. The molecule has 0 aromatic carbocycles. The van der Waals surface area contributed by atoms with Crippen molar-refractivity contribution in [3.05, 3.63) is 12.0 Å². The Morgan fingerprint density at radius 3 is 3.07 bits per heavy atom. The third-order valence-electron chi connectivity index (χ3n) is 3.12. The van der Waals surface area contributed by atoms with Gasteiger partial charge in [0.2, 0.25) is 0 Å². The molecule has 0 saturated carbocycles. The van der Waals surface area contributed by atoms with Gasteiger partial charge < -0.3 is 4.57 Å².